The van der Waals surface area contributed by atoms with Crippen molar-refractivity contribution >= 4 is 39.5 Å². The summed E-state index contributed by atoms with van der Waals surface area (Å²) in [5.74, 6) is 0.135. The zero-order chi connectivity index (χ0) is 69.4. The Bertz CT molecular complexity index is 1840. The highest BCUT2D eigenvalue weighted by molar-refractivity contribution is 7.47. The van der Waals surface area contributed by atoms with Gasteiger partial charge in [-0.1, -0.05) is 331 Å². The van der Waals surface area contributed by atoms with Gasteiger partial charge >= 0.3 is 39.5 Å². The Hall–Kier alpha value is -1.94. The predicted octanol–water partition coefficient (Wildman–Crippen LogP) is 21.8. The van der Waals surface area contributed by atoms with E-state index in [1.54, 1.807) is 0 Å². The lowest BCUT2D eigenvalue weighted by Crippen LogP contribution is -2.30. The van der Waals surface area contributed by atoms with E-state index in [9.17, 15) is 43.2 Å². The molecule has 0 bridgehead atoms. The first kappa shape index (κ1) is 92.1. The minimum atomic E-state index is -4.96. The van der Waals surface area contributed by atoms with E-state index in [-0.39, 0.29) is 25.7 Å². The normalized spacial score (nSPS) is 14.7. The van der Waals surface area contributed by atoms with Crippen LogP contribution >= 0.6 is 15.6 Å². The van der Waals surface area contributed by atoms with E-state index in [0.717, 1.165) is 108 Å². The molecule has 0 aliphatic heterocycles. The Labute approximate surface area is 575 Å². The standard InChI is InChI=1S/C75H146O17P2/c1-8-11-12-13-14-15-16-17-18-19-20-21-22-23-24-29-35-44-51-58-74(79)91-70(62-85-72(77)56-49-42-34-28-26-25-27-32-40-47-54-67(6)9-2)64-89-93(81,82)87-60-69(76)61-88-94(83,84)90-65-71(63-86-73(78)57-50-43-38-37-39-46-53-66(4)5)92-75(80)59-52-45-36-31-30-33-41-48-55-68(7)10-3/h66-71,76H,8-65H2,1-7H3,(H,81,82)(H,83,84)/t67?,68?,69-,70-,71-/m1/s1. The number of hydrogen-bond acceptors (Lipinski definition) is 15. The van der Waals surface area contributed by atoms with Gasteiger partial charge in [-0.3, -0.25) is 37.3 Å². The Morgan fingerprint density at radius 2 is 0.543 bits per heavy atom. The van der Waals surface area contributed by atoms with Crippen LogP contribution in [0.5, 0.6) is 0 Å². The summed E-state index contributed by atoms with van der Waals surface area (Å²) < 4.78 is 68.4. The van der Waals surface area contributed by atoms with Gasteiger partial charge in [-0.25, -0.2) is 9.13 Å². The lowest BCUT2D eigenvalue weighted by molar-refractivity contribution is -0.161. The van der Waals surface area contributed by atoms with Gasteiger partial charge in [0.25, 0.3) is 0 Å². The van der Waals surface area contributed by atoms with Gasteiger partial charge in [0.2, 0.25) is 0 Å². The molecular formula is C75H146O17P2. The van der Waals surface area contributed by atoms with E-state index in [1.807, 2.05) is 0 Å². The summed E-state index contributed by atoms with van der Waals surface area (Å²) in [5, 5.41) is 10.6. The maximum Gasteiger partial charge on any atom is 0.472 e. The van der Waals surface area contributed by atoms with E-state index in [1.165, 1.54) is 186 Å². The van der Waals surface area contributed by atoms with Crippen molar-refractivity contribution < 1.29 is 80.2 Å². The Morgan fingerprint density at radius 1 is 0.309 bits per heavy atom. The molecule has 0 fully saturated rings. The maximum absolute atomic E-state index is 13.1. The monoisotopic (exact) mass is 1380 g/mol. The van der Waals surface area contributed by atoms with Crippen LogP contribution in [0, 0.1) is 17.8 Å². The van der Waals surface area contributed by atoms with Crippen molar-refractivity contribution in [3.05, 3.63) is 0 Å². The summed E-state index contributed by atoms with van der Waals surface area (Å²) in [7, 11) is -9.91. The molecule has 0 radical (unpaired) electrons. The number of rotatable bonds is 73. The minimum Gasteiger partial charge on any atom is -0.462 e. The summed E-state index contributed by atoms with van der Waals surface area (Å²) in [6.45, 7) is 11.8. The summed E-state index contributed by atoms with van der Waals surface area (Å²) in [4.78, 5) is 72.7. The highest BCUT2D eigenvalue weighted by Crippen LogP contribution is 2.45. The van der Waals surface area contributed by atoms with Crippen molar-refractivity contribution in [3.63, 3.8) is 0 Å². The molecule has 0 rings (SSSR count). The number of carbonyl (C=O) groups is 4. The topological polar surface area (TPSA) is 237 Å². The van der Waals surface area contributed by atoms with Crippen molar-refractivity contribution in [2.75, 3.05) is 39.6 Å². The summed E-state index contributed by atoms with van der Waals surface area (Å²) in [6.07, 6.45) is 51.4. The van der Waals surface area contributed by atoms with Crippen LogP contribution in [0.2, 0.25) is 0 Å². The Morgan fingerprint density at radius 3 is 0.809 bits per heavy atom. The first-order valence-corrected chi connectivity index (χ1v) is 41.9. The second kappa shape index (κ2) is 65.7. The molecule has 3 N–H and O–H groups in total. The van der Waals surface area contributed by atoms with Gasteiger partial charge in [-0.15, -0.1) is 0 Å². The fraction of sp³-hybridized carbons (Fsp3) is 0.947. The van der Waals surface area contributed by atoms with Crippen LogP contribution in [0.3, 0.4) is 0 Å². The molecule has 19 heteroatoms. The number of unbranched alkanes of at least 4 members (excludes halogenated alkanes) is 39. The summed E-state index contributed by atoms with van der Waals surface area (Å²) >= 11 is 0. The SMILES string of the molecule is CCCCCCCCCCCCCCCCCCCCCC(=O)O[C@H](COC(=O)CCCCCCCCCCCCC(C)CC)COP(=O)(O)OC[C@@H](O)COP(=O)(O)OC[C@@H](COC(=O)CCCCCCCCC(C)C)OC(=O)CCCCCCCCCCC(C)CC. The van der Waals surface area contributed by atoms with E-state index >= 15 is 0 Å². The van der Waals surface area contributed by atoms with Crippen LogP contribution in [-0.2, 0) is 65.4 Å². The number of esters is 4. The van der Waals surface area contributed by atoms with Crippen LogP contribution in [0.1, 0.15) is 382 Å². The molecule has 0 amide bonds. The van der Waals surface area contributed by atoms with Crippen molar-refractivity contribution in [3.8, 4) is 0 Å². The fourth-order valence-corrected chi connectivity index (χ4v) is 12.9. The zero-order valence-corrected chi connectivity index (χ0v) is 63.2. The molecule has 0 aromatic carbocycles. The fourth-order valence-electron chi connectivity index (χ4n) is 11.4. The third-order valence-electron chi connectivity index (χ3n) is 18.1. The predicted molar refractivity (Wildman–Crippen MR) is 381 cm³/mol. The van der Waals surface area contributed by atoms with Crippen LogP contribution in [-0.4, -0.2) is 96.7 Å². The molecule has 558 valence electrons. The van der Waals surface area contributed by atoms with Gasteiger partial charge in [0.05, 0.1) is 26.4 Å². The van der Waals surface area contributed by atoms with Gasteiger partial charge < -0.3 is 33.8 Å². The third-order valence-corrected chi connectivity index (χ3v) is 20.0. The molecule has 0 aliphatic carbocycles. The quantitative estimate of drug-likeness (QED) is 0.0222. The summed E-state index contributed by atoms with van der Waals surface area (Å²) in [6, 6.07) is 0. The molecule has 0 saturated heterocycles. The molecule has 0 aromatic heterocycles. The highest BCUT2D eigenvalue weighted by Gasteiger charge is 2.30. The molecule has 17 nitrogen and oxygen atoms in total. The van der Waals surface area contributed by atoms with Gasteiger partial charge in [0.15, 0.2) is 12.2 Å². The van der Waals surface area contributed by atoms with E-state index < -0.39 is 97.5 Å². The molecule has 4 unspecified atom stereocenters. The number of phosphoric acid groups is 2. The lowest BCUT2D eigenvalue weighted by Gasteiger charge is -2.21. The van der Waals surface area contributed by atoms with Gasteiger partial charge in [-0.2, -0.15) is 0 Å². The van der Waals surface area contributed by atoms with Crippen LogP contribution in [0.4, 0.5) is 0 Å². The molecule has 7 atom stereocenters. The zero-order valence-electron chi connectivity index (χ0n) is 61.4. The molecule has 0 heterocycles. The van der Waals surface area contributed by atoms with Crippen LogP contribution in [0.25, 0.3) is 0 Å². The number of ether oxygens (including phenoxy) is 4. The third kappa shape index (κ3) is 66.0. The second-order valence-electron chi connectivity index (χ2n) is 28.0. The first-order valence-electron chi connectivity index (χ1n) is 38.9. The molecule has 0 aliphatic rings. The lowest BCUT2D eigenvalue weighted by atomic mass is 9.99. The molecule has 0 spiro atoms. The van der Waals surface area contributed by atoms with E-state index in [2.05, 4.69) is 48.5 Å². The maximum atomic E-state index is 13.1. The first-order chi connectivity index (χ1) is 45.3. The van der Waals surface area contributed by atoms with E-state index in [0.29, 0.717) is 31.6 Å². The molecule has 0 aromatic rings. The average molecular weight is 1380 g/mol. The number of aliphatic hydroxyl groups excluding tert-OH is 1. The second-order valence-corrected chi connectivity index (χ2v) is 30.9. The molecule has 0 saturated carbocycles. The number of carbonyl (C=O) groups excluding carboxylic acids is 4. The van der Waals surface area contributed by atoms with Crippen molar-refractivity contribution in [2.45, 2.75) is 401 Å². The summed E-state index contributed by atoms with van der Waals surface area (Å²) in [5.41, 5.74) is 0. The largest absolute Gasteiger partial charge is 0.472 e. The van der Waals surface area contributed by atoms with Crippen LogP contribution in [0.15, 0.2) is 0 Å². The molecule has 94 heavy (non-hydrogen) atoms. The van der Waals surface area contributed by atoms with Crippen LogP contribution < -0.4 is 0 Å². The van der Waals surface area contributed by atoms with Crippen molar-refractivity contribution in [1.82, 2.24) is 0 Å². The van der Waals surface area contributed by atoms with Crippen molar-refractivity contribution in [1.29, 1.82) is 0 Å². The van der Waals surface area contributed by atoms with Gasteiger partial charge in [0, 0.05) is 25.7 Å². The van der Waals surface area contributed by atoms with Crippen molar-refractivity contribution in [2.24, 2.45) is 17.8 Å². The molecular weight excluding hydrogens is 1230 g/mol. The smallest absolute Gasteiger partial charge is 0.462 e. The Balaban J connectivity index is 5.23. The van der Waals surface area contributed by atoms with E-state index in [4.69, 9.17) is 37.0 Å². The average Bonchev–Trinajstić information content (AvgIpc) is 1.11. The van der Waals surface area contributed by atoms with Gasteiger partial charge in [0.1, 0.15) is 19.3 Å². The highest BCUT2D eigenvalue weighted by atomic mass is 31.2. The number of phosphoric ester groups is 2. The number of hydrogen-bond donors (Lipinski definition) is 3. The van der Waals surface area contributed by atoms with Gasteiger partial charge in [-0.05, 0) is 43.4 Å². The minimum absolute atomic E-state index is 0.104. The number of aliphatic hydroxyl groups is 1. The Kier molecular flexibility index (Phi) is 64.3.